The van der Waals surface area contributed by atoms with Crippen LogP contribution in [0.15, 0.2) is 36.0 Å². The highest BCUT2D eigenvalue weighted by molar-refractivity contribution is 5.46. The van der Waals surface area contributed by atoms with Gasteiger partial charge in [-0.3, -0.25) is 0 Å². The fraction of sp³-hybridized carbons (Fsp3) is 0.538. The summed E-state index contributed by atoms with van der Waals surface area (Å²) in [4.78, 5) is 0. The SMILES string of the molecule is CC(C)=C[C@]12[C@H](O)OC[C@]13C=CC=C[C@@H]23. The summed E-state index contributed by atoms with van der Waals surface area (Å²) in [6.45, 7) is 4.79. The second-order valence-corrected chi connectivity index (χ2v) is 5.08. The van der Waals surface area contributed by atoms with Gasteiger partial charge in [0.1, 0.15) is 0 Å². The van der Waals surface area contributed by atoms with Crippen LogP contribution in [0.1, 0.15) is 13.8 Å². The van der Waals surface area contributed by atoms with Crippen molar-refractivity contribution in [1.82, 2.24) is 0 Å². The molecule has 2 heteroatoms. The van der Waals surface area contributed by atoms with E-state index >= 15 is 0 Å². The van der Waals surface area contributed by atoms with Gasteiger partial charge in [0.2, 0.25) is 0 Å². The van der Waals surface area contributed by atoms with Crippen LogP contribution < -0.4 is 0 Å². The van der Waals surface area contributed by atoms with E-state index in [0.29, 0.717) is 12.5 Å². The van der Waals surface area contributed by atoms with Crippen molar-refractivity contribution in [3.63, 3.8) is 0 Å². The Morgan fingerprint density at radius 1 is 1.47 bits per heavy atom. The molecule has 0 aromatic rings. The summed E-state index contributed by atoms with van der Waals surface area (Å²) in [5, 5.41) is 10.0. The predicted molar refractivity (Wildman–Crippen MR) is 58.0 cm³/mol. The molecule has 0 radical (unpaired) electrons. The highest BCUT2D eigenvalue weighted by atomic mass is 16.6. The van der Waals surface area contributed by atoms with Crippen molar-refractivity contribution in [2.75, 3.05) is 6.61 Å². The van der Waals surface area contributed by atoms with Gasteiger partial charge in [0.05, 0.1) is 12.0 Å². The first-order chi connectivity index (χ1) is 7.13. The smallest absolute Gasteiger partial charge is 0.165 e. The van der Waals surface area contributed by atoms with Crippen molar-refractivity contribution >= 4 is 0 Å². The van der Waals surface area contributed by atoms with Crippen molar-refractivity contribution in [2.24, 2.45) is 16.7 Å². The molecule has 1 spiro atoms. The van der Waals surface area contributed by atoms with E-state index in [4.69, 9.17) is 4.74 Å². The summed E-state index contributed by atoms with van der Waals surface area (Å²) >= 11 is 0. The average Bonchev–Trinajstić information content (AvgIpc) is 2.69. The van der Waals surface area contributed by atoms with Crippen molar-refractivity contribution in [3.05, 3.63) is 36.0 Å². The number of aliphatic hydroxyl groups excluding tert-OH is 1. The summed E-state index contributed by atoms with van der Waals surface area (Å²) in [5.74, 6) is 0.425. The summed E-state index contributed by atoms with van der Waals surface area (Å²) < 4.78 is 5.41. The maximum Gasteiger partial charge on any atom is 0.165 e. The molecular formula is C13H16O2. The van der Waals surface area contributed by atoms with Crippen molar-refractivity contribution in [3.8, 4) is 0 Å². The number of fused-ring (bicyclic) bond motifs is 1. The Bertz CT molecular complexity index is 389. The summed E-state index contributed by atoms with van der Waals surface area (Å²) in [5.41, 5.74) is 1.10. The Balaban J connectivity index is 2.10. The Kier molecular flexibility index (Phi) is 1.64. The van der Waals surface area contributed by atoms with Gasteiger partial charge in [0, 0.05) is 11.3 Å². The van der Waals surface area contributed by atoms with Gasteiger partial charge in [-0.25, -0.2) is 0 Å². The molecule has 1 aliphatic heterocycles. The summed E-state index contributed by atoms with van der Waals surface area (Å²) in [6, 6.07) is 0. The second-order valence-electron chi connectivity index (χ2n) is 5.08. The molecule has 1 saturated carbocycles. The van der Waals surface area contributed by atoms with Crippen LogP contribution in [0.3, 0.4) is 0 Å². The molecule has 1 N–H and O–H groups in total. The molecule has 1 heterocycles. The molecule has 2 fully saturated rings. The van der Waals surface area contributed by atoms with E-state index in [9.17, 15) is 5.11 Å². The molecule has 0 aromatic carbocycles. The molecule has 3 aliphatic rings. The topological polar surface area (TPSA) is 29.5 Å². The van der Waals surface area contributed by atoms with Gasteiger partial charge in [-0.1, -0.05) is 36.0 Å². The lowest BCUT2D eigenvalue weighted by atomic mass is 9.92. The Morgan fingerprint density at radius 3 is 2.93 bits per heavy atom. The lowest BCUT2D eigenvalue weighted by Crippen LogP contribution is -2.21. The minimum Gasteiger partial charge on any atom is -0.367 e. The zero-order valence-corrected chi connectivity index (χ0v) is 9.10. The second kappa shape index (κ2) is 2.63. The van der Waals surface area contributed by atoms with Crippen LogP contribution >= 0.6 is 0 Å². The number of hydrogen-bond acceptors (Lipinski definition) is 2. The first kappa shape index (κ1) is 9.37. The quantitative estimate of drug-likeness (QED) is 0.662. The number of rotatable bonds is 1. The van der Waals surface area contributed by atoms with E-state index in [0.717, 1.165) is 0 Å². The average molecular weight is 204 g/mol. The Morgan fingerprint density at radius 2 is 2.27 bits per heavy atom. The first-order valence-corrected chi connectivity index (χ1v) is 5.45. The van der Waals surface area contributed by atoms with E-state index in [2.05, 4.69) is 44.2 Å². The van der Waals surface area contributed by atoms with Gasteiger partial charge < -0.3 is 9.84 Å². The van der Waals surface area contributed by atoms with E-state index in [1.165, 1.54) is 5.57 Å². The Labute approximate surface area is 89.9 Å². The number of ether oxygens (including phenoxy) is 1. The maximum atomic E-state index is 10.0. The van der Waals surface area contributed by atoms with E-state index in [1.54, 1.807) is 0 Å². The zero-order chi connectivity index (χ0) is 10.7. The van der Waals surface area contributed by atoms with Crippen molar-refractivity contribution in [1.29, 1.82) is 0 Å². The van der Waals surface area contributed by atoms with E-state index in [-0.39, 0.29) is 10.8 Å². The summed E-state index contributed by atoms with van der Waals surface area (Å²) in [6.07, 6.45) is 10.1. The molecule has 2 nitrogen and oxygen atoms in total. The molecule has 0 amide bonds. The highest BCUT2D eigenvalue weighted by Gasteiger charge is 2.80. The standard InChI is InChI=1S/C13H16O2/c1-9(2)7-13-10-5-3-4-6-12(10,13)8-15-11(13)14/h3-7,10-11,14H,8H2,1-2H3/t10-,11-,12+,13+/m1/s1. The van der Waals surface area contributed by atoms with Gasteiger partial charge in [0.15, 0.2) is 6.29 Å². The van der Waals surface area contributed by atoms with Crippen molar-refractivity contribution in [2.45, 2.75) is 20.1 Å². The van der Waals surface area contributed by atoms with Crippen LogP contribution in [0.4, 0.5) is 0 Å². The third-order valence-electron chi connectivity index (χ3n) is 4.02. The fourth-order valence-corrected chi connectivity index (χ4v) is 3.40. The third kappa shape index (κ3) is 0.876. The monoisotopic (exact) mass is 204 g/mol. The van der Waals surface area contributed by atoms with Crippen LogP contribution in [-0.4, -0.2) is 18.0 Å². The lowest BCUT2D eigenvalue weighted by molar-refractivity contribution is -0.103. The van der Waals surface area contributed by atoms with Gasteiger partial charge >= 0.3 is 0 Å². The molecule has 0 unspecified atom stereocenters. The molecule has 2 aliphatic carbocycles. The maximum absolute atomic E-state index is 10.0. The first-order valence-electron chi connectivity index (χ1n) is 5.45. The third-order valence-corrected chi connectivity index (χ3v) is 4.02. The number of aliphatic hydroxyl groups is 1. The Hall–Kier alpha value is -0.860. The molecule has 0 aromatic heterocycles. The predicted octanol–water partition coefficient (Wildman–Crippen LogP) is 2.03. The van der Waals surface area contributed by atoms with Crippen LogP contribution in [-0.2, 0) is 4.74 Å². The van der Waals surface area contributed by atoms with Crippen LogP contribution in [0.2, 0.25) is 0 Å². The largest absolute Gasteiger partial charge is 0.367 e. The van der Waals surface area contributed by atoms with Gasteiger partial charge in [-0.05, 0) is 13.8 Å². The highest BCUT2D eigenvalue weighted by Crippen LogP contribution is 2.77. The molecule has 80 valence electrons. The van der Waals surface area contributed by atoms with Crippen LogP contribution in [0, 0.1) is 16.7 Å². The molecule has 1 saturated heterocycles. The molecule has 3 rings (SSSR count). The van der Waals surface area contributed by atoms with Crippen LogP contribution in [0.5, 0.6) is 0 Å². The minimum atomic E-state index is -0.648. The van der Waals surface area contributed by atoms with Crippen molar-refractivity contribution < 1.29 is 9.84 Å². The summed E-state index contributed by atoms with van der Waals surface area (Å²) in [7, 11) is 0. The minimum absolute atomic E-state index is 0.0401. The molecule has 0 bridgehead atoms. The number of hydrogen-bond donors (Lipinski definition) is 1. The van der Waals surface area contributed by atoms with Gasteiger partial charge in [-0.2, -0.15) is 0 Å². The molecule has 4 atom stereocenters. The van der Waals surface area contributed by atoms with Crippen LogP contribution in [0.25, 0.3) is 0 Å². The normalized spacial score (nSPS) is 49.8. The van der Waals surface area contributed by atoms with E-state index < -0.39 is 6.29 Å². The fourth-order valence-electron chi connectivity index (χ4n) is 3.40. The van der Waals surface area contributed by atoms with E-state index in [1.807, 2.05) is 0 Å². The van der Waals surface area contributed by atoms with Gasteiger partial charge in [0.25, 0.3) is 0 Å². The lowest BCUT2D eigenvalue weighted by Gasteiger charge is -2.16. The zero-order valence-electron chi connectivity index (χ0n) is 9.10. The molecular weight excluding hydrogens is 188 g/mol. The molecule has 15 heavy (non-hydrogen) atoms. The van der Waals surface area contributed by atoms with Gasteiger partial charge in [-0.15, -0.1) is 0 Å². The number of allylic oxidation sites excluding steroid dienone is 4.